The SMILES string of the molecule is Cn1c(=S)[nH]c2ccc(SC3CCCNCC3)c(Cl)c21. The number of aromatic nitrogens is 2. The molecule has 108 valence electrons. The van der Waals surface area contributed by atoms with E-state index in [-0.39, 0.29) is 0 Å². The molecule has 1 aliphatic rings. The highest BCUT2D eigenvalue weighted by Crippen LogP contribution is 2.37. The zero-order chi connectivity index (χ0) is 14.1. The average Bonchev–Trinajstić information content (AvgIpc) is 2.62. The van der Waals surface area contributed by atoms with Gasteiger partial charge in [0.2, 0.25) is 0 Å². The number of hydrogen-bond donors (Lipinski definition) is 2. The lowest BCUT2D eigenvalue weighted by Crippen LogP contribution is -2.14. The van der Waals surface area contributed by atoms with E-state index in [1.165, 1.54) is 19.3 Å². The maximum absolute atomic E-state index is 6.60. The molecular formula is C14H18ClN3S2. The van der Waals surface area contributed by atoms with E-state index in [0.717, 1.165) is 34.0 Å². The first-order chi connectivity index (χ1) is 9.66. The number of fused-ring (bicyclic) bond motifs is 1. The van der Waals surface area contributed by atoms with Crippen LogP contribution in [0.2, 0.25) is 5.02 Å². The standard InChI is InChI=1S/C14H18ClN3S2/c1-18-13-10(17-14(18)19)4-5-11(12(13)15)20-9-3-2-7-16-8-6-9/h4-5,9,16H,2-3,6-8H2,1H3,(H,17,19). The third kappa shape index (κ3) is 2.77. The average molecular weight is 328 g/mol. The lowest BCUT2D eigenvalue weighted by atomic mass is 10.2. The molecular weight excluding hydrogens is 310 g/mol. The van der Waals surface area contributed by atoms with Crippen LogP contribution in [0.15, 0.2) is 17.0 Å². The smallest absolute Gasteiger partial charge is 0.177 e. The predicted molar refractivity (Wildman–Crippen MR) is 89.5 cm³/mol. The number of halogens is 1. The van der Waals surface area contributed by atoms with Crippen molar-refractivity contribution >= 4 is 46.6 Å². The van der Waals surface area contributed by atoms with Crippen molar-refractivity contribution in [1.29, 1.82) is 0 Å². The zero-order valence-electron chi connectivity index (χ0n) is 11.4. The molecule has 2 N–H and O–H groups in total. The highest BCUT2D eigenvalue weighted by atomic mass is 35.5. The van der Waals surface area contributed by atoms with Gasteiger partial charge in [-0.05, 0) is 56.7 Å². The molecule has 0 saturated carbocycles. The number of aromatic amines is 1. The Bertz CT molecular complexity index is 669. The van der Waals surface area contributed by atoms with E-state index >= 15 is 0 Å². The van der Waals surface area contributed by atoms with Gasteiger partial charge in [0.15, 0.2) is 4.77 Å². The Kier molecular flexibility index (Phi) is 4.40. The second-order valence-electron chi connectivity index (χ2n) is 5.18. The fourth-order valence-corrected chi connectivity index (χ4v) is 4.50. The number of rotatable bonds is 2. The maximum Gasteiger partial charge on any atom is 0.177 e. The number of hydrogen-bond acceptors (Lipinski definition) is 3. The number of benzene rings is 1. The Balaban J connectivity index is 1.93. The van der Waals surface area contributed by atoms with Gasteiger partial charge >= 0.3 is 0 Å². The van der Waals surface area contributed by atoms with Gasteiger partial charge in [-0.25, -0.2) is 0 Å². The molecule has 0 amide bonds. The maximum atomic E-state index is 6.60. The summed E-state index contributed by atoms with van der Waals surface area (Å²) in [4.78, 5) is 4.35. The van der Waals surface area contributed by atoms with Crippen LogP contribution in [-0.4, -0.2) is 27.9 Å². The van der Waals surface area contributed by atoms with Crippen LogP contribution in [0.25, 0.3) is 11.0 Å². The summed E-state index contributed by atoms with van der Waals surface area (Å²) in [7, 11) is 1.96. The number of nitrogens with zero attached hydrogens (tertiary/aromatic N) is 1. The number of thioether (sulfide) groups is 1. The highest BCUT2D eigenvalue weighted by Gasteiger charge is 2.17. The zero-order valence-corrected chi connectivity index (χ0v) is 13.8. The molecule has 1 aromatic heterocycles. The first kappa shape index (κ1) is 14.4. The fourth-order valence-electron chi connectivity index (χ4n) is 2.65. The Morgan fingerprint density at radius 3 is 3.05 bits per heavy atom. The van der Waals surface area contributed by atoms with Gasteiger partial charge in [-0.1, -0.05) is 11.6 Å². The summed E-state index contributed by atoms with van der Waals surface area (Å²) in [5, 5.41) is 4.92. The molecule has 1 aliphatic heterocycles. The van der Waals surface area contributed by atoms with Crippen molar-refractivity contribution in [3.8, 4) is 0 Å². The number of aryl methyl sites for hydroxylation is 1. The number of H-pyrrole nitrogens is 1. The molecule has 0 bridgehead atoms. The van der Waals surface area contributed by atoms with Crippen LogP contribution < -0.4 is 5.32 Å². The molecule has 20 heavy (non-hydrogen) atoms. The van der Waals surface area contributed by atoms with Crippen molar-refractivity contribution < 1.29 is 0 Å². The summed E-state index contributed by atoms with van der Waals surface area (Å²) >= 11 is 13.8. The van der Waals surface area contributed by atoms with Crippen molar-refractivity contribution in [2.45, 2.75) is 29.4 Å². The summed E-state index contributed by atoms with van der Waals surface area (Å²) in [6.45, 7) is 2.24. The Hall–Kier alpha value is -0.490. The second kappa shape index (κ2) is 6.10. The van der Waals surface area contributed by atoms with Crippen molar-refractivity contribution in [3.05, 3.63) is 21.9 Å². The molecule has 1 unspecified atom stereocenters. The van der Waals surface area contributed by atoms with Gasteiger partial charge in [0.1, 0.15) is 0 Å². The molecule has 3 nitrogen and oxygen atoms in total. The quantitative estimate of drug-likeness (QED) is 0.814. The molecule has 0 radical (unpaired) electrons. The van der Waals surface area contributed by atoms with Crippen molar-refractivity contribution in [2.75, 3.05) is 13.1 Å². The van der Waals surface area contributed by atoms with Crippen molar-refractivity contribution in [1.82, 2.24) is 14.9 Å². The van der Waals surface area contributed by atoms with Crippen LogP contribution in [0.3, 0.4) is 0 Å². The largest absolute Gasteiger partial charge is 0.331 e. The third-order valence-electron chi connectivity index (χ3n) is 3.78. The van der Waals surface area contributed by atoms with Crippen LogP contribution >= 0.6 is 35.6 Å². The van der Waals surface area contributed by atoms with Gasteiger partial charge in [-0.2, -0.15) is 0 Å². The molecule has 0 spiro atoms. The molecule has 3 rings (SSSR count). The van der Waals surface area contributed by atoms with Crippen LogP contribution in [0.1, 0.15) is 19.3 Å². The van der Waals surface area contributed by atoms with Crippen molar-refractivity contribution in [2.24, 2.45) is 7.05 Å². The van der Waals surface area contributed by atoms with E-state index in [9.17, 15) is 0 Å². The number of imidazole rings is 1. The van der Waals surface area contributed by atoms with E-state index < -0.39 is 0 Å². The van der Waals surface area contributed by atoms with E-state index in [1.54, 1.807) is 0 Å². The molecule has 1 aromatic carbocycles. The molecule has 1 fully saturated rings. The minimum atomic E-state index is 0.646. The van der Waals surface area contributed by atoms with E-state index in [2.05, 4.69) is 22.4 Å². The van der Waals surface area contributed by atoms with Gasteiger partial charge in [0, 0.05) is 17.2 Å². The topological polar surface area (TPSA) is 32.8 Å². The molecule has 1 saturated heterocycles. The normalized spacial score (nSPS) is 20.2. The Morgan fingerprint density at radius 1 is 1.35 bits per heavy atom. The third-order valence-corrected chi connectivity index (χ3v) is 6.05. The summed E-state index contributed by atoms with van der Waals surface area (Å²) < 4.78 is 2.66. The minimum absolute atomic E-state index is 0.646. The molecule has 2 aromatic rings. The van der Waals surface area contributed by atoms with Gasteiger partial charge in [-0.15, -0.1) is 11.8 Å². The first-order valence-corrected chi connectivity index (χ1v) is 8.58. The monoisotopic (exact) mass is 327 g/mol. The first-order valence-electron chi connectivity index (χ1n) is 6.91. The van der Waals surface area contributed by atoms with E-state index in [0.29, 0.717) is 10.0 Å². The van der Waals surface area contributed by atoms with Gasteiger partial charge in [0.05, 0.1) is 16.1 Å². The van der Waals surface area contributed by atoms with Gasteiger partial charge in [0.25, 0.3) is 0 Å². The van der Waals surface area contributed by atoms with Gasteiger partial charge < -0.3 is 14.9 Å². The van der Waals surface area contributed by atoms with E-state index in [4.69, 9.17) is 23.8 Å². The second-order valence-corrected chi connectivity index (χ2v) is 7.29. The summed E-state index contributed by atoms with van der Waals surface area (Å²) in [6.07, 6.45) is 3.69. The Morgan fingerprint density at radius 2 is 2.20 bits per heavy atom. The number of nitrogens with one attached hydrogen (secondary N) is 2. The summed E-state index contributed by atoms with van der Waals surface area (Å²) in [6, 6.07) is 4.19. The summed E-state index contributed by atoms with van der Waals surface area (Å²) in [5.74, 6) is 0. The fraction of sp³-hybridized carbons (Fsp3) is 0.500. The lowest BCUT2D eigenvalue weighted by Gasteiger charge is -2.14. The summed E-state index contributed by atoms with van der Waals surface area (Å²) in [5.41, 5.74) is 2.02. The van der Waals surface area contributed by atoms with Crippen LogP contribution in [0.5, 0.6) is 0 Å². The Labute approximate surface area is 133 Å². The van der Waals surface area contributed by atoms with Crippen molar-refractivity contribution in [3.63, 3.8) is 0 Å². The minimum Gasteiger partial charge on any atom is -0.331 e. The molecule has 6 heteroatoms. The van der Waals surface area contributed by atoms with Crippen LogP contribution in [-0.2, 0) is 7.05 Å². The van der Waals surface area contributed by atoms with Gasteiger partial charge in [-0.3, -0.25) is 0 Å². The highest BCUT2D eigenvalue weighted by molar-refractivity contribution is 8.00. The molecule has 2 heterocycles. The lowest BCUT2D eigenvalue weighted by molar-refractivity contribution is 0.703. The van der Waals surface area contributed by atoms with E-state index in [1.807, 2.05) is 23.4 Å². The molecule has 0 aliphatic carbocycles. The van der Waals surface area contributed by atoms with Crippen LogP contribution in [0, 0.1) is 4.77 Å². The van der Waals surface area contributed by atoms with Crippen LogP contribution in [0.4, 0.5) is 0 Å². The predicted octanol–water partition coefficient (Wildman–Crippen LogP) is 4.12. The molecule has 1 atom stereocenters.